The number of aromatic nitrogens is 3. The molecule has 27 heavy (non-hydrogen) atoms. The predicted molar refractivity (Wildman–Crippen MR) is 100 cm³/mol. The molecule has 0 aliphatic heterocycles. The maximum atomic E-state index is 14.1. The molecule has 0 saturated carbocycles. The van der Waals surface area contributed by atoms with Crippen molar-refractivity contribution in [3.63, 3.8) is 0 Å². The second kappa shape index (κ2) is 6.35. The molecule has 136 valence electrons. The number of halogens is 2. The minimum absolute atomic E-state index is 0.137. The van der Waals surface area contributed by atoms with E-state index in [1.165, 1.54) is 24.4 Å². The highest BCUT2D eigenvalue weighted by Gasteiger charge is 2.17. The summed E-state index contributed by atoms with van der Waals surface area (Å²) in [6, 6.07) is 10.4. The van der Waals surface area contributed by atoms with Crippen molar-refractivity contribution in [3.8, 4) is 28.3 Å². The highest BCUT2D eigenvalue weighted by Crippen LogP contribution is 2.36. The van der Waals surface area contributed by atoms with Gasteiger partial charge in [0.15, 0.2) is 5.95 Å². The molecule has 2 aromatic carbocycles. The van der Waals surface area contributed by atoms with Crippen molar-refractivity contribution in [1.29, 1.82) is 0 Å². The molecule has 2 aromatic heterocycles. The second-order valence-corrected chi connectivity index (χ2v) is 6.14. The lowest BCUT2D eigenvalue weighted by molar-refractivity contribution is 0.475. The van der Waals surface area contributed by atoms with Gasteiger partial charge in [-0.05, 0) is 37.3 Å². The van der Waals surface area contributed by atoms with Gasteiger partial charge in [0, 0.05) is 29.1 Å². The molecule has 3 N–H and O–H groups in total. The Balaban J connectivity index is 1.95. The zero-order chi connectivity index (χ0) is 19.1. The van der Waals surface area contributed by atoms with E-state index in [1.807, 2.05) is 6.92 Å². The number of fused-ring (bicyclic) bond motifs is 1. The van der Waals surface area contributed by atoms with Gasteiger partial charge in [0.1, 0.15) is 23.1 Å². The molecule has 7 heteroatoms. The number of rotatable bonds is 3. The van der Waals surface area contributed by atoms with Crippen LogP contribution in [0.3, 0.4) is 0 Å². The molecule has 0 saturated heterocycles. The number of hydrogen-bond donors (Lipinski definition) is 2. The van der Waals surface area contributed by atoms with Crippen LogP contribution in [-0.4, -0.2) is 19.6 Å². The molecule has 0 radical (unpaired) electrons. The number of nitrogens with zero attached hydrogens (tertiary/aromatic N) is 3. The number of nitrogens with two attached hydrogens (primary N) is 1. The summed E-state index contributed by atoms with van der Waals surface area (Å²) < 4.78 is 29.4. The Morgan fingerprint density at radius 2 is 1.89 bits per heavy atom. The predicted octanol–water partition coefficient (Wildman–Crippen LogP) is 4.35. The average Bonchev–Trinajstić information content (AvgIpc) is 2.97. The van der Waals surface area contributed by atoms with E-state index in [2.05, 4.69) is 9.97 Å². The minimum atomic E-state index is -0.518. The van der Waals surface area contributed by atoms with E-state index in [0.717, 1.165) is 11.6 Å². The molecule has 5 nitrogen and oxygen atoms in total. The molecular weight excluding hydrogens is 350 g/mol. The molecular formula is C20H16F2N4O. The van der Waals surface area contributed by atoms with Crippen LogP contribution in [0, 0.1) is 11.8 Å². The van der Waals surface area contributed by atoms with Crippen molar-refractivity contribution in [1.82, 2.24) is 14.5 Å². The lowest BCUT2D eigenvalue weighted by Gasteiger charge is -2.11. The van der Waals surface area contributed by atoms with Gasteiger partial charge >= 0.3 is 0 Å². The Labute approximate surface area is 153 Å². The lowest BCUT2D eigenvalue weighted by Crippen LogP contribution is -1.99. The first-order valence-electron chi connectivity index (χ1n) is 8.38. The number of nitrogen functional groups attached to an aromatic ring is 1. The van der Waals surface area contributed by atoms with Gasteiger partial charge in [-0.3, -0.25) is 4.98 Å². The number of aryl methyl sites for hydroxylation is 1. The Bertz CT molecular complexity index is 1170. The van der Waals surface area contributed by atoms with Crippen LogP contribution in [0.4, 0.5) is 14.6 Å². The summed E-state index contributed by atoms with van der Waals surface area (Å²) in [6.45, 7) is 2.38. The van der Waals surface area contributed by atoms with E-state index in [0.29, 0.717) is 23.2 Å². The minimum Gasteiger partial charge on any atom is -0.507 e. The maximum absolute atomic E-state index is 14.1. The average molecular weight is 366 g/mol. The first-order chi connectivity index (χ1) is 13.0. The van der Waals surface area contributed by atoms with E-state index < -0.39 is 5.82 Å². The first-order valence-corrected chi connectivity index (χ1v) is 8.38. The van der Waals surface area contributed by atoms with Gasteiger partial charge in [-0.1, -0.05) is 6.07 Å². The van der Waals surface area contributed by atoms with Gasteiger partial charge in [0.2, 0.25) is 0 Å². The van der Waals surface area contributed by atoms with Gasteiger partial charge in [0.25, 0.3) is 0 Å². The monoisotopic (exact) mass is 366 g/mol. The van der Waals surface area contributed by atoms with Gasteiger partial charge in [0.05, 0.1) is 17.4 Å². The third kappa shape index (κ3) is 2.87. The fraction of sp³-hybridized carbons (Fsp3) is 0.100. The summed E-state index contributed by atoms with van der Waals surface area (Å²) in [5.41, 5.74) is 8.02. The van der Waals surface area contributed by atoms with Crippen molar-refractivity contribution >= 4 is 16.7 Å². The van der Waals surface area contributed by atoms with Crippen molar-refractivity contribution in [3.05, 3.63) is 60.4 Å². The van der Waals surface area contributed by atoms with Crippen LogP contribution in [-0.2, 0) is 6.54 Å². The number of phenols is 1. The quantitative estimate of drug-likeness (QED) is 0.565. The molecule has 4 aromatic rings. The number of phenolic OH excluding ortho intramolecular Hbond substituents is 1. The molecule has 0 amide bonds. The number of aromatic hydroxyl groups is 1. The van der Waals surface area contributed by atoms with Gasteiger partial charge in [-0.2, -0.15) is 4.39 Å². The van der Waals surface area contributed by atoms with E-state index >= 15 is 0 Å². The van der Waals surface area contributed by atoms with Crippen LogP contribution < -0.4 is 5.73 Å². The molecule has 0 aliphatic carbocycles. The van der Waals surface area contributed by atoms with Crippen LogP contribution in [0.15, 0.2) is 48.7 Å². The van der Waals surface area contributed by atoms with Crippen LogP contribution in [0.1, 0.15) is 6.92 Å². The second-order valence-electron chi connectivity index (χ2n) is 6.14. The third-order valence-corrected chi connectivity index (χ3v) is 4.45. The van der Waals surface area contributed by atoms with Gasteiger partial charge < -0.3 is 15.4 Å². The molecule has 0 unspecified atom stereocenters. The zero-order valence-corrected chi connectivity index (χ0v) is 14.4. The summed E-state index contributed by atoms with van der Waals surface area (Å²) in [5.74, 6) is -0.838. The molecule has 0 aliphatic rings. The van der Waals surface area contributed by atoms with Gasteiger partial charge in [-0.25, -0.2) is 9.37 Å². The number of hydrogen-bond acceptors (Lipinski definition) is 4. The van der Waals surface area contributed by atoms with Crippen LogP contribution in [0.5, 0.6) is 5.75 Å². The van der Waals surface area contributed by atoms with E-state index in [1.54, 1.807) is 22.8 Å². The summed E-state index contributed by atoms with van der Waals surface area (Å²) in [6.07, 6.45) is 1.39. The maximum Gasteiger partial charge on any atom is 0.194 e. The molecule has 4 rings (SSSR count). The highest BCUT2D eigenvalue weighted by molar-refractivity contribution is 5.89. The summed E-state index contributed by atoms with van der Waals surface area (Å²) in [4.78, 5) is 8.58. The molecule has 2 heterocycles. The SMILES string of the molecule is CCn1c(F)cc2cc(-c3ncc(N)nc3-c3cc(F)ccc3O)ccc21. The zero-order valence-electron chi connectivity index (χ0n) is 14.4. The largest absolute Gasteiger partial charge is 0.507 e. The van der Waals surface area contributed by atoms with E-state index in [9.17, 15) is 13.9 Å². The summed E-state index contributed by atoms with van der Waals surface area (Å²) in [7, 11) is 0. The van der Waals surface area contributed by atoms with Crippen molar-refractivity contribution < 1.29 is 13.9 Å². The smallest absolute Gasteiger partial charge is 0.194 e. The van der Waals surface area contributed by atoms with Crippen LogP contribution in [0.25, 0.3) is 33.4 Å². The van der Waals surface area contributed by atoms with Crippen molar-refractivity contribution in [2.24, 2.45) is 0 Å². The fourth-order valence-corrected chi connectivity index (χ4v) is 3.21. The molecule has 0 fully saturated rings. The van der Waals surface area contributed by atoms with Gasteiger partial charge in [-0.15, -0.1) is 0 Å². The van der Waals surface area contributed by atoms with E-state index in [4.69, 9.17) is 5.73 Å². The molecule has 0 atom stereocenters. The molecule has 0 bridgehead atoms. The van der Waals surface area contributed by atoms with Crippen LogP contribution >= 0.6 is 0 Å². The standard InChI is InChI=1S/C20H16F2N4O/c1-2-26-15-5-3-11(7-12(15)8-17(26)22)19-20(25-18(23)10-24-19)14-9-13(21)4-6-16(14)27/h3-10,27H,2H2,1H3,(H2,23,25). The molecule has 0 spiro atoms. The van der Waals surface area contributed by atoms with Crippen LogP contribution in [0.2, 0.25) is 0 Å². The number of benzene rings is 2. The third-order valence-electron chi connectivity index (χ3n) is 4.45. The van der Waals surface area contributed by atoms with Crippen molar-refractivity contribution in [2.45, 2.75) is 13.5 Å². The topological polar surface area (TPSA) is 77.0 Å². The summed E-state index contributed by atoms with van der Waals surface area (Å²) in [5, 5.41) is 10.9. The Hall–Kier alpha value is -3.48. The Morgan fingerprint density at radius 1 is 1.07 bits per heavy atom. The van der Waals surface area contributed by atoms with E-state index in [-0.39, 0.29) is 28.8 Å². The Morgan fingerprint density at radius 3 is 2.67 bits per heavy atom. The highest BCUT2D eigenvalue weighted by atomic mass is 19.1. The fourth-order valence-electron chi connectivity index (χ4n) is 3.21. The summed E-state index contributed by atoms with van der Waals surface area (Å²) >= 11 is 0. The normalized spacial score (nSPS) is 11.2. The lowest BCUT2D eigenvalue weighted by atomic mass is 10.0. The van der Waals surface area contributed by atoms with Crippen molar-refractivity contribution in [2.75, 3.05) is 5.73 Å². The number of anilines is 1. The first kappa shape index (κ1) is 17.0. The Kier molecular flexibility index (Phi) is 3.99.